The van der Waals surface area contributed by atoms with Crippen molar-refractivity contribution in [2.24, 2.45) is 0 Å². The molecule has 1 heterocycles. The summed E-state index contributed by atoms with van der Waals surface area (Å²) in [6.45, 7) is 0.652. The fourth-order valence-corrected chi connectivity index (χ4v) is 4.93. The van der Waals surface area contributed by atoms with E-state index in [1.54, 1.807) is 48.2 Å². The van der Waals surface area contributed by atoms with Crippen molar-refractivity contribution >= 4 is 35.2 Å². The highest BCUT2D eigenvalue weighted by atomic mass is 32.2. The van der Waals surface area contributed by atoms with Crippen molar-refractivity contribution in [1.82, 2.24) is 4.90 Å². The minimum Gasteiger partial charge on any atom is -0.465 e. The van der Waals surface area contributed by atoms with E-state index in [9.17, 15) is 14.4 Å². The van der Waals surface area contributed by atoms with Crippen LogP contribution in [0, 0.1) is 0 Å². The van der Waals surface area contributed by atoms with E-state index in [0.29, 0.717) is 29.1 Å². The van der Waals surface area contributed by atoms with Gasteiger partial charge in [-0.25, -0.2) is 4.79 Å². The predicted octanol–water partition coefficient (Wildman–Crippen LogP) is 4.54. The zero-order valence-electron chi connectivity index (χ0n) is 18.2. The largest absolute Gasteiger partial charge is 0.465 e. The number of nitrogens with zero attached hydrogens (tertiary/aromatic N) is 1. The molecule has 2 amide bonds. The van der Waals surface area contributed by atoms with Crippen LogP contribution in [0.2, 0.25) is 0 Å². The minimum absolute atomic E-state index is 0.0601. The number of carbonyl (C=O) groups is 3. The zero-order valence-corrected chi connectivity index (χ0v) is 19.0. The van der Waals surface area contributed by atoms with Crippen LogP contribution in [-0.2, 0) is 16.0 Å². The summed E-state index contributed by atoms with van der Waals surface area (Å²) in [6.07, 6.45) is 0.800. The lowest BCUT2D eigenvalue weighted by Crippen LogP contribution is -2.30. The van der Waals surface area contributed by atoms with Gasteiger partial charge in [-0.2, -0.15) is 0 Å². The highest BCUT2D eigenvalue weighted by Gasteiger charge is 2.32. The van der Waals surface area contributed by atoms with E-state index < -0.39 is 5.97 Å². The molecule has 6 nitrogen and oxygen atoms in total. The molecule has 7 heteroatoms. The standard InChI is InChI=1S/C26H24N2O4S/c1-32-26(31)21-8-5-9-22(16-21)27-24(30)19-10-12-20(13-11-19)25-28(23(29)17-33-25)15-14-18-6-3-2-4-7-18/h2-13,16,25H,14-15,17H2,1H3,(H,27,30). The molecule has 1 aliphatic rings. The third-order valence-electron chi connectivity index (χ3n) is 5.45. The first kappa shape index (κ1) is 22.6. The number of methoxy groups -OCH3 is 1. The van der Waals surface area contributed by atoms with Crippen LogP contribution < -0.4 is 5.32 Å². The molecule has 0 spiro atoms. The number of esters is 1. The summed E-state index contributed by atoms with van der Waals surface area (Å²) in [5.41, 5.74) is 3.56. The number of hydrogen-bond donors (Lipinski definition) is 1. The molecule has 168 valence electrons. The van der Waals surface area contributed by atoms with Gasteiger partial charge < -0.3 is 15.0 Å². The maximum absolute atomic E-state index is 12.7. The molecule has 1 saturated heterocycles. The number of thioether (sulfide) groups is 1. The number of rotatable bonds is 7. The van der Waals surface area contributed by atoms with E-state index in [2.05, 4.69) is 17.4 Å². The fraction of sp³-hybridized carbons (Fsp3) is 0.192. The first-order chi connectivity index (χ1) is 16.0. The third kappa shape index (κ3) is 5.43. The van der Waals surface area contributed by atoms with Crippen LogP contribution in [0.25, 0.3) is 0 Å². The Bertz CT molecular complexity index is 1150. The number of carbonyl (C=O) groups excluding carboxylic acids is 3. The van der Waals surface area contributed by atoms with Crippen molar-refractivity contribution < 1.29 is 19.1 Å². The van der Waals surface area contributed by atoms with Crippen molar-refractivity contribution in [1.29, 1.82) is 0 Å². The van der Waals surface area contributed by atoms with Gasteiger partial charge >= 0.3 is 5.97 Å². The maximum atomic E-state index is 12.7. The molecule has 3 aromatic rings. The molecule has 1 N–H and O–H groups in total. The molecule has 0 aliphatic carbocycles. The molecule has 3 aromatic carbocycles. The Balaban J connectivity index is 1.42. The van der Waals surface area contributed by atoms with Crippen LogP contribution >= 0.6 is 11.8 Å². The van der Waals surface area contributed by atoms with Crippen LogP contribution in [0.15, 0.2) is 78.9 Å². The van der Waals surface area contributed by atoms with Crippen molar-refractivity contribution in [3.8, 4) is 0 Å². The van der Waals surface area contributed by atoms with Gasteiger partial charge in [0.25, 0.3) is 5.91 Å². The summed E-state index contributed by atoms with van der Waals surface area (Å²) >= 11 is 1.60. The predicted molar refractivity (Wildman–Crippen MR) is 129 cm³/mol. The molecule has 1 atom stereocenters. The average Bonchev–Trinajstić information content (AvgIpc) is 3.23. The van der Waals surface area contributed by atoms with Gasteiger partial charge in [-0.15, -0.1) is 11.8 Å². The van der Waals surface area contributed by atoms with Gasteiger partial charge in [0.05, 0.1) is 18.4 Å². The number of ether oxygens (including phenoxy) is 1. The van der Waals surface area contributed by atoms with Crippen LogP contribution in [0.1, 0.15) is 37.2 Å². The molecule has 0 bridgehead atoms. The lowest BCUT2D eigenvalue weighted by Gasteiger charge is -2.24. The van der Waals surface area contributed by atoms with Crippen molar-refractivity contribution in [3.63, 3.8) is 0 Å². The van der Waals surface area contributed by atoms with Gasteiger partial charge in [0, 0.05) is 17.8 Å². The van der Waals surface area contributed by atoms with E-state index >= 15 is 0 Å². The Morgan fingerprint density at radius 1 is 1.00 bits per heavy atom. The first-order valence-corrected chi connectivity index (χ1v) is 11.6. The Morgan fingerprint density at radius 3 is 2.48 bits per heavy atom. The van der Waals surface area contributed by atoms with Crippen molar-refractivity contribution in [2.75, 3.05) is 24.7 Å². The van der Waals surface area contributed by atoms with Gasteiger partial charge in [-0.05, 0) is 47.9 Å². The number of nitrogens with one attached hydrogen (secondary N) is 1. The summed E-state index contributed by atoms with van der Waals surface area (Å²) in [4.78, 5) is 38.7. The quantitative estimate of drug-likeness (QED) is 0.524. The minimum atomic E-state index is -0.462. The fourth-order valence-electron chi connectivity index (χ4n) is 3.71. The second kappa shape index (κ2) is 10.4. The molecule has 4 rings (SSSR count). The lowest BCUT2D eigenvalue weighted by atomic mass is 10.1. The molecule has 0 radical (unpaired) electrons. The molecule has 0 saturated carbocycles. The van der Waals surface area contributed by atoms with E-state index in [1.807, 2.05) is 35.2 Å². The zero-order chi connectivity index (χ0) is 23.2. The summed E-state index contributed by atoms with van der Waals surface area (Å²) < 4.78 is 4.72. The van der Waals surface area contributed by atoms with E-state index in [0.717, 1.165) is 12.0 Å². The van der Waals surface area contributed by atoms with Crippen LogP contribution in [0.5, 0.6) is 0 Å². The van der Waals surface area contributed by atoms with Gasteiger partial charge in [-0.3, -0.25) is 9.59 Å². The van der Waals surface area contributed by atoms with Gasteiger partial charge in [-0.1, -0.05) is 48.5 Å². The normalized spacial score (nSPS) is 15.4. The monoisotopic (exact) mass is 460 g/mol. The molecular weight excluding hydrogens is 436 g/mol. The molecule has 1 unspecified atom stereocenters. The number of amides is 2. The SMILES string of the molecule is COC(=O)c1cccc(NC(=O)c2ccc(C3SCC(=O)N3CCc3ccccc3)cc2)c1. The van der Waals surface area contributed by atoms with Gasteiger partial charge in [0.1, 0.15) is 5.37 Å². The number of hydrogen-bond acceptors (Lipinski definition) is 5. The first-order valence-electron chi connectivity index (χ1n) is 10.6. The second-order valence-electron chi connectivity index (χ2n) is 7.63. The average molecular weight is 461 g/mol. The molecule has 1 fully saturated rings. The summed E-state index contributed by atoms with van der Waals surface area (Å²) in [6, 6.07) is 24.0. The van der Waals surface area contributed by atoms with Crippen LogP contribution in [0.3, 0.4) is 0 Å². The summed E-state index contributed by atoms with van der Waals surface area (Å²) in [5, 5.41) is 2.74. The Hall–Kier alpha value is -3.58. The third-order valence-corrected chi connectivity index (χ3v) is 6.71. The molecule has 1 aliphatic heterocycles. The second-order valence-corrected chi connectivity index (χ2v) is 8.70. The molecule has 0 aromatic heterocycles. The highest BCUT2D eigenvalue weighted by Crippen LogP contribution is 2.38. The smallest absolute Gasteiger partial charge is 0.337 e. The topological polar surface area (TPSA) is 75.7 Å². The molecular formula is C26H24N2O4S. The summed E-state index contributed by atoms with van der Waals surface area (Å²) in [7, 11) is 1.31. The highest BCUT2D eigenvalue weighted by molar-refractivity contribution is 8.00. The Labute approximate surface area is 196 Å². The summed E-state index contributed by atoms with van der Waals surface area (Å²) in [5.74, 6) is -0.151. The van der Waals surface area contributed by atoms with Crippen molar-refractivity contribution in [2.45, 2.75) is 11.8 Å². The van der Waals surface area contributed by atoms with Crippen LogP contribution in [-0.4, -0.2) is 42.1 Å². The Kier molecular flexibility index (Phi) is 7.10. The lowest BCUT2D eigenvalue weighted by molar-refractivity contribution is -0.128. The molecule has 33 heavy (non-hydrogen) atoms. The van der Waals surface area contributed by atoms with E-state index in [1.165, 1.54) is 12.7 Å². The van der Waals surface area contributed by atoms with Crippen molar-refractivity contribution in [3.05, 3.63) is 101 Å². The number of benzene rings is 3. The Morgan fingerprint density at radius 2 is 1.76 bits per heavy atom. The van der Waals surface area contributed by atoms with Gasteiger partial charge in [0.15, 0.2) is 0 Å². The van der Waals surface area contributed by atoms with Gasteiger partial charge in [0.2, 0.25) is 5.91 Å². The maximum Gasteiger partial charge on any atom is 0.337 e. The van der Waals surface area contributed by atoms with Crippen LogP contribution in [0.4, 0.5) is 5.69 Å². The number of anilines is 1. The van der Waals surface area contributed by atoms with E-state index in [4.69, 9.17) is 4.74 Å². The van der Waals surface area contributed by atoms with E-state index in [-0.39, 0.29) is 17.2 Å².